The maximum atomic E-state index is 12.7. The topological polar surface area (TPSA) is 23.6 Å². The number of hydrazine groups is 1. The van der Waals surface area contributed by atoms with Gasteiger partial charge in [0, 0.05) is 19.2 Å². The second-order valence-electron chi connectivity index (χ2n) is 3.27. The zero-order chi connectivity index (χ0) is 10.8. The van der Waals surface area contributed by atoms with Gasteiger partial charge in [-0.1, -0.05) is 6.58 Å². The maximum Gasteiger partial charge on any atom is 0.247 e. The number of nitrogens with zero attached hydrogens (tertiary/aromatic N) is 2. The van der Waals surface area contributed by atoms with Crippen molar-refractivity contribution in [3.05, 3.63) is 42.9 Å². The van der Waals surface area contributed by atoms with Crippen molar-refractivity contribution in [3.63, 3.8) is 0 Å². The molecule has 1 amide bonds. The van der Waals surface area contributed by atoms with E-state index >= 15 is 0 Å². The van der Waals surface area contributed by atoms with E-state index < -0.39 is 0 Å². The molecule has 0 saturated carbocycles. The lowest BCUT2D eigenvalue weighted by atomic mass is 10.3. The van der Waals surface area contributed by atoms with Crippen molar-refractivity contribution < 1.29 is 9.18 Å². The zero-order valence-electron chi connectivity index (χ0n) is 8.19. The molecule has 3 nitrogen and oxygen atoms in total. The number of carbonyl (C=O) groups excluding carboxylic acids is 1. The fraction of sp³-hybridized carbons (Fsp3) is 0.182. The standard InChI is InChI=1S/C11H11FN2O/c1-2-13-11(15)7-8-14(13)10-5-3-9(12)4-6-10/h2-6H,1,7-8H2. The summed E-state index contributed by atoms with van der Waals surface area (Å²) in [5.41, 5.74) is 0.794. The van der Waals surface area contributed by atoms with Gasteiger partial charge >= 0.3 is 0 Å². The molecule has 0 bridgehead atoms. The van der Waals surface area contributed by atoms with Gasteiger partial charge in [-0.15, -0.1) is 0 Å². The Morgan fingerprint density at radius 3 is 2.60 bits per heavy atom. The van der Waals surface area contributed by atoms with Crippen LogP contribution in [0.25, 0.3) is 0 Å². The van der Waals surface area contributed by atoms with E-state index in [4.69, 9.17) is 0 Å². The van der Waals surface area contributed by atoms with Crippen LogP contribution in [-0.2, 0) is 4.79 Å². The molecule has 0 atom stereocenters. The number of hydrogen-bond acceptors (Lipinski definition) is 2. The molecule has 15 heavy (non-hydrogen) atoms. The highest BCUT2D eigenvalue weighted by Gasteiger charge is 2.26. The number of halogens is 1. The molecule has 4 heteroatoms. The first-order valence-electron chi connectivity index (χ1n) is 4.70. The molecule has 0 spiro atoms. The lowest BCUT2D eigenvalue weighted by Gasteiger charge is -2.26. The highest BCUT2D eigenvalue weighted by Crippen LogP contribution is 2.22. The monoisotopic (exact) mass is 206 g/mol. The minimum atomic E-state index is -0.283. The molecule has 1 fully saturated rings. The summed E-state index contributed by atoms with van der Waals surface area (Å²) in [6.45, 7) is 4.18. The van der Waals surface area contributed by atoms with E-state index in [1.807, 2.05) is 0 Å². The Morgan fingerprint density at radius 2 is 2.00 bits per heavy atom. The first-order valence-corrected chi connectivity index (χ1v) is 4.70. The van der Waals surface area contributed by atoms with Gasteiger partial charge in [0.15, 0.2) is 0 Å². The van der Waals surface area contributed by atoms with Crippen molar-refractivity contribution in [1.82, 2.24) is 5.01 Å². The number of hydrogen-bond donors (Lipinski definition) is 0. The largest absolute Gasteiger partial charge is 0.278 e. The number of rotatable bonds is 2. The Morgan fingerprint density at radius 1 is 1.33 bits per heavy atom. The Bertz CT molecular complexity index is 388. The normalized spacial score (nSPS) is 15.9. The van der Waals surface area contributed by atoms with Crippen LogP contribution in [0.2, 0.25) is 0 Å². The van der Waals surface area contributed by atoms with Gasteiger partial charge in [-0.3, -0.25) is 9.80 Å². The highest BCUT2D eigenvalue weighted by molar-refractivity contribution is 5.82. The van der Waals surface area contributed by atoms with Gasteiger partial charge in [0.25, 0.3) is 0 Å². The number of carbonyl (C=O) groups is 1. The van der Waals surface area contributed by atoms with Gasteiger partial charge in [-0.2, -0.15) is 0 Å². The van der Waals surface area contributed by atoms with E-state index in [1.165, 1.54) is 23.3 Å². The van der Waals surface area contributed by atoms with Crippen LogP contribution < -0.4 is 5.01 Å². The predicted octanol–water partition coefficient (Wildman–Crippen LogP) is 1.92. The van der Waals surface area contributed by atoms with E-state index in [2.05, 4.69) is 6.58 Å². The predicted molar refractivity (Wildman–Crippen MR) is 55.4 cm³/mol. The third kappa shape index (κ3) is 1.70. The minimum Gasteiger partial charge on any atom is -0.278 e. The van der Waals surface area contributed by atoms with E-state index in [-0.39, 0.29) is 11.7 Å². The zero-order valence-corrected chi connectivity index (χ0v) is 8.19. The Hall–Kier alpha value is -1.84. The van der Waals surface area contributed by atoms with Crippen LogP contribution in [0.3, 0.4) is 0 Å². The van der Waals surface area contributed by atoms with Crippen molar-refractivity contribution >= 4 is 11.6 Å². The molecule has 0 N–H and O–H groups in total. The van der Waals surface area contributed by atoms with Crippen LogP contribution in [0.1, 0.15) is 6.42 Å². The molecule has 0 radical (unpaired) electrons. The van der Waals surface area contributed by atoms with Gasteiger partial charge in [0.1, 0.15) is 5.82 Å². The fourth-order valence-electron chi connectivity index (χ4n) is 1.63. The van der Waals surface area contributed by atoms with Crippen molar-refractivity contribution in [2.75, 3.05) is 11.6 Å². The lowest BCUT2D eigenvalue weighted by molar-refractivity contribution is -0.125. The van der Waals surface area contributed by atoms with Crippen LogP contribution in [0.4, 0.5) is 10.1 Å². The Balaban J connectivity index is 2.27. The summed E-state index contributed by atoms with van der Waals surface area (Å²) in [4.78, 5) is 11.4. The van der Waals surface area contributed by atoms with E-state index in [0.717, 1.165) is 5.69 Å². The SMILES string of the molecule is C=CN1C(=O)CCN1c1ccc(F)cc1. The van der Waals surface area contributed by atoms with E-state index in [0.29, 0.717) is 13.0 Å². The number of anilines is 1. The molecule has 0 aromatic heterocycles. The summed E-state index contributed by atoms with van der Waals surface area (Å²) < 4.78 is 12.7. The summed E-state index contributed by atoms with van der Waals surface area (Å²) in [5.74, 6) is -0.274. The first-order chi connectivity index (χ1) is 7.22. The summed E-state index contributed by atoms with van der Waals surface area (Å²) >= 11 is 0. The molecule has 1 aromatic rings. The smallest absolute Gasteiger partial charge is 0.247 e. The second-order valence-corrected chi connectivity index (χ2v) is 3.27. The third-order valence-electron chi connectivity index (χ3n) is 2.35. The molecule has 0 unspecified atom stereocenters. The van der Waals surface area contributed by atoms with Crippen molar-refractivity contribution in [1.29, 1.82) is 0 Å². The van der Waals surface area contributed by atoms with E-state index in [9.17, 15) is 9.18 Å². The number of benzene rings is 1. The van der Waals surface area contributed by atoms with Crippen molar-refractivity contribution in [2.45, 2.75) is 6.42 Å². The number of amides is 1. The third-order valence-corrected chi connectivity index (χ3v) is 2.35. The van der Waals surface area contributed by atoms with E-state index in [1.54, 1.807) is 17.1 Å². The summed E-state index contributed by atoms with van der Waals surface area (Å²) in [6.07, 6.45) is 1.93. The summed E-state index contributed by atoms with van der Waals surface area (Å²) in [6, 6.07) is 6.04. The fourth-order valence-corrected chi connectivity index (χ4v) is 1.63. The molecular weight excluding hydrogens is 195 g/mol. The van der Waals surface area contributed by atoms with Gasteiger partial charge in [0.2, 0.25) is 5.91 Å². The molecule has 1 aliphatic rings. The second kappa shape index (κ2) is 3.73. The molecule has 2 rings (SSSR count). The minimum absolute atomic E-state index is 0.00863. The first kappa shape index (κ1) is 9.71. The molecule has 1 aliphatic heterocycles. The molecular formula is C11H11FN2O. The van der Waals surface area contributed by atoms with Crippen LogP contribution in [0.5, 0.6) is 0 Å². The average Bonchev–Trinajstić information content (AvgIpc) is 2.61. The van der Waals surface area contributed by atoms with Crippen LogP contribution in [0, 0.1) is 5.82 Å². The highest BCUT2D eigenvalue weighted by atomic mass is 19.1. The van der Waals surface area contributed by atoms with Gasteiger partial charge < -0.3 is 0 Å². The van der Waals surface area contributed by atoms with Gasteiger partial charge in [-0.05, 0) is 24.3 Å². The van der Waals surface area contributed by atoms with Crippen molar-refractivity contribution in [3.8, 4) is 0 Å². The molecule has 1 saturated heterocycles. The Labute approximate surface area is 87.4 Å². The van der Waals surface area contributed by atoms with Gasteiger partial charge in [-0.25, -0.2) is 9.40 Å². The molecule has 1 aromatic carbocycles. The summed E-state index contributed by atoms with van der Waals surface area (Å²) in [7, 11) is 0. The maximum absolute atomic E-state index is 12.7. The average molecular weight is 206 g/mol. The van der Waals surface area contributed by atoms with Crippen molar-refractivity contribution in [2.24, 2.45) is 0 Å². The Kier molecular flexibility index (Phi) is 2.41. The lowest BCUT2D eigenvalue weighted by Crippen LogP contribution is -2.34. The van der Waals surface area contributed by atoms with Crippen LogP contribution in [-0.4, -0.2) is 17.5 Å². The molecule has 1 heterocycles. The van der Waals surface area contributed by atoms with Crippen LogP contribution in [0.15, 0.2) is 37.0 Å². The quantitative estimate of drug-likeness (QED) is 0.738. The summed E-state index contributed by atoms with van der Waals surface area (Å²) in [5, 5.41) is 3.22. The van der Waals surface area contributed by atoms with Gasteiger partial charge in [0.05, 0.1) is 5.69 Å². The molecule has 0 aliphatic carbocycles. The van der Waals surface area contributed by atoms with Crippen LogP contribution >= 0.6 is 0 Å². The molecule has 78 valence electrons.